The molecule has 0 aliphatic heterocycles. The lowest BCUT2D eigenvalue weighted by Crippen LogP contribution is -2.51. The lowest BCUT2D eigenvalue weighted by molar-refractivity contribution is 0.247. The highest BCUT2D eigenvalue weighted by molar-refractivity contribution is 9.11. The summed E-state index contributed by atoms with van der Waals surface area (Å²) in [4.78, 5) is 0. The second-order valence-electron chi connectivity index (χ2n) is 5.72. The van der Waals surface area contributed by atoms with Gasteiger partial charge in [-0.1, -0.05) is 6.92 Å². The van der Waals surface area contributed by atoms with Gasteiger partial charge < -0.3 is 0 Å². The standard InChI is InChI=1S/C13H19BrClNO2S2/c1-9-3-5-13(8-15,6-4-9)16-20(17,18)11-7-10(2)12(14)19-11/h7,9,16H,3-6,8H2,1-2H3. The maximum absolute atomic E-state index is 12.5. The first-order valence-electron chi connectivity index (χ1n) is 6.64. The molecule has 0 saturated heterocycles. The summed E-state index contributed by atoms with van der Waals surface area (Å²) < 4.78 is 29.1. The number of aryl methyl sites for hydroxylation is 1. The Balaban J connectivity index is 2.22. The van der Waals surface area contributed by atoms with Crippen molar-refractivity contribution in [2.24, 2.45) is 5.92 Å². The fraction of sp³-hybridized carbons (Fsp3) is 0.692. The zero-order valence-corrected chi connectivity index (χ0v) is 15.6. The van der Waals surface area contributed by atoms with Crippen LogP contribution in [0.15, 0.2) is 14.1 Å². The largest absolute Gasteiger partial charge is 0.250 e. The molecule has 1 fully saturated rings. The van der Waals surface area contributed by atoms with Gasteiger partial charge in [0.25, 0.3) is 10.0 Å². The van der Waals surface area contributed by atoms with Crippen molar-refractivity contribution in [3.8, 4) is 0 Å². The average molecular weight is 401 g/mol. The van der Waals surface area contributed by atoms with Gasteiger partial charge in [0, 0.05) is 11.4 Å². The first kappa shape index (κ1) is 16.7. The van der Waals surface area contributed by atoms with E-state index in [-0.39, 0.29) is 0 Å². The van der Waals surface area contributed by atoms with Crippen LogP contribution < -0.4 is 4.72 Å². The molecule has 1 aromatic rings. The number of sulfonamides is 1. The summed E-state index contributed by atoms with van der Waals surface area (Å²) in [5.74, 6) is 0.971. The highest BCUT2D eigenvalue weighted by Crippen LogP contribution is 2.36. The molecule has 0 bridgehead atoms. The number of halogens is 2. The number of rotatable bonds is 4. The zero-order valence-electron chi connectivity index (χ0n) is 11.6. The van der Waals surface area contributed by atoms with Crippen molar-refractivity contribution in [1.29, 1.82) is 0 Å². The second-order valence-corrected chi connectivity index (χ2v) is 10.3. The molecule has 3 nitrogen and oxygen atoms in total. The molecule has 1 aliphatic carbocycles. The van der Waals surface area contributed by atoms with Crippen LogP contribution in [0, 0.1) is 12.8 Å². The molecular weight excluding hydrogens is 382 g/mol. The third-order valence-electron chi connectivity index (χ3n) is 3.94. The summed E-state index contributed by atoms with van der Waals surface area (Å²) in [5.41, 5.74) is 0.449. The van der Waals surface area contributed by atoms with Crippen LogP contribution in [0.4, 0.5) is 0 Å². The Kier molecular flexibility index (Phi) is 5.23. The predicted molar refractivity (Wildman–Crippen MR) is 88.2 cm³/mol. The van der Waals surface area contributed by atoms with Crippen LogP contribution in [-0.2, 0) is 10.0 Å². The number of nitrogens with one attached hydrogen (secondary N) is 1. The van der Waals surface area contributed by atoms with E-state index in [0.717, 1.165) is 35.0 Å². The van der Waals surface area contributed by atoms with Crippen molar-refractivity contribution in [2.45, 2.75) is 49.3 Å². The minimum Gasteiger partial charge on any atom is -0.206 e. The number of hydrogen-bond acceptors (Lipinski definition) is 3. The van der Waals surface area contributed by atoms with Crippen molar-refractivity contribution in [3.05, 3.63) is 15.4 Å². The normalized spacial score (nSPS) is 27.7. The third kappa shape index (κ3) is 3.58. The first-order chi connectivity index (χ1) is 9.28. The topological polar surface area (TPSA) is 46.2 Å². The van der Waals surface area contributed by atoms with E-state index in [2.05, 4.69) is 27.6 Å². The highest BCUT2D eigenvalue weighted by atomic mass is 79.9. The van der Waals surface area contributed by atoms with E-state index in [1.165, 1.54) is 11.3 Å². The van der Waals surface area contributed by atoms with E-state index < -0.39 is 15.6 Å². The van der Waals surface area contributed by atoms with Crippen LogP contribution in [-0.4, -0.2) is 19.8 Å². The summed E-state index contributed by atoms with van der Waals surface area (Å²) >= 11 is 10.7. The third-order valence-corrected chi connectivity index (χ3v) is 8.64. The molecular formula is C13H19BrClNO2S2. The maximum Gasteiger partial charge on any atom is 0.250 e. The Morgan fingerprint density at radius 3 is 2.55 bits per heavy atom. The van der Waals surface area contributed by atoms with Gasteiger partial charge in [0.05, 0.1) is 3.79 Å². The predicted octanol–water partition coefficient (Wildman–Crippen LogP) is 4.29. The van der Waals surface area contributed by atoms with Crippen LogP contribution in [0.25, 0.3) is 0 Å². The molecule has 2 rings (SSSR count). The highest BCUT2D eigenvalue weighted by Gasteiger charge is 2.38. The Bertz CT molecular complexity index is 558. The van der Waals surface area contributed by atoms with Gasteiger partial charge in [0.1, 0.15) is 4.21 Å². The molecule has 0 radical (unpaired) electrons. The Hall–Kier alpha value is 0.380. The van der Waals surface area contributed by atoms with Gasteiger partial charge >= 0.3 is 0 Å². The van der Waals surface area contributed by atoms with Crippen LogP contribution in [0.5, 0.6) is 0 Å². The molecule has 0 amide bonds. The molecule has 1 heterocycles. The Labute approximate surface area is 138 Å². The van der Waals surface area contributed by atoms with Crippen LogP contribution >= 0.6 is 38.9 Å². The van der Waals surface area contributed by atoms with E-state index in [1.54, 1.807) is 6.07 Å². The summed E-state index contributed by atoms with van der Waals surface area (Å²) in [7, 11) is -3.50. The molecule has 0 spiro atoms. The van der Waals surface area contributed by atoms with Gasteiger partial charge in [-0.3, -0.25) is 0 Å². The van der Waals surface area contributed by atoms with Crippen LogP contribution in [0.2, 0.25) is 0 Å². The summed E-state index contributed by atoms with van der Waals surface area (Å²) in [5, 5.41) is 0. The number of thiophene rings is 1. The van der Waals surface area contributed by atoms with Crippen LogP contribution in [0.3, 0.4) is 0 Å². The van der Waals surface area contributed by atoms with Crippen molar-refractivity contribution >= 4 is 48.9 Å². The van der Waals surface area contributed by atoms with Gasteiger partial charge in [-0.2, -0.15) is 0 Å². The van der Waals surface area contributed by atoms with Crippen LogP contribution in [0.1, 0.15) is 38.2 Å². The Morgan fingerprint density at radius 2 is 2.10 bits per heavy atom. The number of alkyl halides is 1. The summed E-state index contributed by atoms with van der Waals surface area (Å²) in [6.45, 7) is 4.09. The first-order valence-corrected chi connectivity index (χ1v) is 10.3. The molecule has 1 saturated carbocycles. The van der Waals surface area contributed by atoms with Crippen molar-refractivity contribution in [1.82, 2.24) is 4.72 Å². The molecule has 1 N–H and O–H groups in total. The van der Waals surface area contributed by atoms with Crippen molar-refractivity contribution in [2.75, 3.05) is 5.88 Å². The van der Waals surface area contributed by atoms with E-state index in [4.69, 9.17) is 11.6 Å². The monoisotopic (exact) mass is 399 g/mol. The van der Waals surface area contributed by atoms with Crippen molar-refractivity contribution < 1.29 is 8.42 Å². The molecule has 1 aliphatic rings. The van der Waals surface area contributed by atoms with Gasteiger partial charge in [0.15, 0.2) is 0 Å². The van der Waals surface area contributed by atoms with E-state index >= 15 is 0 Å². The molecule has 1 aromatic heterocycles. The fourth-order valence-electron chi connectivity index (χ4n) is 2.48. The molecule has 0 aromatic carbocycles. The number of hydrogen-bond donors (Lipinski definition) is 1. The van der Waals surface area contributed by atoms with E-state index in [0.29, 0.717) is 16.0 Å². The Morgan fingerprint density at radius 1 is 1.50 bits per heavy atom. The molecule has 7 heteroatoms. The molecule has 0 unspecified atom stereocenters. The van der Waals surface area contributed by atoms with E-state index in [1.807, 2.05) is 6.92 Å². The van der Waals surface area contributed by atoms with Gasteiger partial charge in [-0.25, -0.2) is 13.1 Å². The lowest BCUT2D eigenvalue weighted by atomic mass is 9.79. The van der Waals surface area contributed by atoms with E-state index in [9.17, 15) is 8.42 Å². The zero-order chi connectivity index (χ0) is 15.0. The smallest absolute Gasteiger partial charge is 0.206 e. The quantitative estimate of drug-likeness (QED) is 0.767. The summed E-state index contributed by atoms with van der Waals surface area (Å²) in [6, 6.07) is 1.70. The minimum absolute atomic E-state index is 0.324. The minimum atomic E-state index is -3.50. The van der Waals surface area contributed by atoms with Gasteiger partial charge in [-0.05, 0) is 66.1 Å². The maximum atomic E-state index is 12.5. The molecule has 20 heavy (non-hydrogen) atoms. The lowest BCUT2D eigenvalue weighted by Gasteiger charge is -2.38. The van der Waals surface area contributed by atoms with Gasteiger partial charge in [0.2, 0.25) is 0 Å². The average Bonchev–Trinajstić information content (AvgIpc) is 2.74. The molecule has 114 valence electrons. The molecule has 0 atom stereocenters. The second kappa shape index (κ2) is 6.24. The van der Waals surface area contributed by atoms with Gasteiger partial charge in [-0.15, -0.1) is 22.9 Å². The fourth-order valence-corrected chi connectivity index (χ4v) is 6.57. The summed E-state index contributed by atoms with van der Waals surface area (Å²) in [6.07, 6.45) is 3.65. The SMILES string of the molecule is Cc1cc(S(=O)(=O)NC2(CCl)CCC(C)CC2)sc1Br. The van der Waals surface area contributed by atoms with Crippen molar-refractivity contribution in [3.63, 3.8) is 0 Å².